The number of aromatic nitrogens is 4. The van der Waals surface area contributed by atoms with Crippen LogP contribution in [-0.2, 0) is 4.79 Å². The van der Waals surface area contributed by atoms with Gasteiger partial charge in [0, 0.05) is 6.07 Å². The highest BCUT2D eigenvalue weighted by Gasteiger charge is 2.20. The fourth-order valence-electron chi connectivity index (χ4n) is 2.24. The van der Waals surface area contributed by atoms with Crippen LogP contribution in [0, 0.1) is 18.6 Å². The lowest BCUT2D eigenvalue weighted by molar-refractivity contribution is -0.115. The van der Waals surface area contributed by atoms with Crippen LogP contribution in [0.15, 0.2) is 47.6 Å². The number of hydrogen-bond donors (Lipinski definition) is 1. The molecule has 1 amide bonds. The van der Waals surface area contributed by atoms with Crippen LogP contribution in [-0.4, -0.2) is 31.4 Å². The molecule has 0 saturated heterocycles. The molecule has 9 heteroatoms. The van der Waals surface area contributed by atoms with E-state index in [0.717, 1.165) is 29.1 Å². The Morgan fingerprint density at radius 1 is 1.23 bits per heavy atom. The molecule has 0 bridgehead atoms. The topological polar surface area (TPSA) is 72.7 Å². The van der Waals surface area contributed by atoms with Gasteiger partial charge in [0.2, 0.25) is 11.1 Å². The average molecular weight is 375 g/mol. The summed E-state index contributed by atoms with van der Waals surface area (Å²) in [6.45, 7) is 3.58. The molecule has 26 heavy (non-hydrogen) atoms. The van der Waals surface area contributed by atoms with Crippen molar-refractivity contribution in [3.8, 4) is 5.69 Å². The Morgan fingerprint density at radius 2 is 2.00 bits per heavy atom. The second kappa shape index (κ2) is 7.61. The maximum absolute atomic E-state index is 13.7. The van der Waals surface area contributed by atoms with Crippen molar-refractivity contribution in [1.29, 1.82) is 0 Å². The van der Waals surface area contributed by atoms with Gasteiger partial charge in [-0.1, -0.05) is 30.0 Å². The second-order valence-corrected chi connectivity index (χ2v) is 6.84. The van der Waals surface area contributed by atoms with E-state index in [1.165, 1.54) is 6.07 Å². The number of tetrazole rings is 1. The molecule has 0 unspecified atom stereocenters. The van der Waals surface area contributed by atoms with Crippen molar-refractivity contribution in [1.82, 2.24) is 20.2 Å². The molecule has 1 atom stereocenters. The van der Waals surface area contributed by atoms with Crippen LogP contribution in [0.4, 0.5) is 14.5 Å². The smallest absolute Gasteiger partial charge is 0.237 e. The molecule has 134 valence electrons. The van der Waals surface area contributed by atoms with Crippen molar-refractivity contribution >= 4 is 23.4 Å². The zero-order chi connectivity index (χ0) is 18.7. The van der Waals surface area contributed by atoms with E-state index >= 15 is 0 Å². The fourth-order valence-corrected chi connectivity index (χ4v) is 3.04. The summed E-state index contributed by atoms with van der Waals surface area (Å²) in [6.07, 6.45) is 0. The number of para-hydroxylation sites is 1. The molecular formula is C17H15F2N5OS. The van der Waals surface area contributed by atoms with Crippen molar-refractivity contribution in [2.45, 2.75) is 24.3 Å². The Labute approximate surface area is 152 Å². The molecule has 0 fully saturated rings. The molecular weight excluding hydrogens is 360 g/mol. The molecule has 1 aromatic heterocycles. The van der Waals surface area contributed by atoms with Gasteiger partial charge in [0.15, 0.2) is 0 Å². The highest BCUT2D eigenvalue weighted by Crippen LogP contribution is 2.25. The van der Waals surface area contributed by atoms with Crippen molar-refractivity contribution in [3.63, 3.8) is 0 Å². The molecule has 0 aliphatic rings. The van der Waals surface area contributed by atoms with Gasteiger partial charge in [0.1, 0.15) is 11.6 Å². The van der Waals surface area contributed by atoms with Gasteiger partial charge in [-0.15, -0.1) is 5.10 Å². The van der Waals surface area contributed by atoms with E-state index in [1.807, 2.05) is 31.2 Å². The number of rotatable bonds is 5. The molecule has 0 aliphatic heterocycles. The van der Waals surface area contributed by atoms with E-state index in [2.05, 4.69) is 20.8 Å². The van der Waals surface area contributed by atoms with Gasteiger partial charge in [0.05, 0.1) is 16.6 Å². The molecule has 3 rings (SSSR count). The van der Waals surface area contributed by atoms with Crippen molar-refractivity contribution in [2.75, 3.05) is 5.32 Å². The first-order chi connectivity index (χ1) is 12.5. The minimum atomic E-state index is -0.833. The van der Waals surface area contributed by atoms with E-state index in [0.29, 0.717) is 11.2 Å². The molecule has 0 saturated carbocycles. The van der Waals surface area contributed by atoms with Crippen LogP contribution in [0.1, 0.15) is 12.5 Å². The number of nitrogens with one attached hydrogen (secondary N) is 1. The Kier molecular flexibility index (Phi) is 5.27. The van der Waals surface area contributed by atoms with Crippen LogP contribution in [0.25, 0.3) is 5.69 Å². The zero-order valence-electron chi connectivity index (χ0n) is 14.0. The van der Waals surface area contributed by atoms with E-state index in [4.69, 9.17) is 0 Å². The first kappa shape index (κ1) is 18.0. The summed E-state index contributed by atoms with van der Waals surface area (Å²) in [6, 6.07) is 10.5. The predicted molar refractivity (Wildman–Crippen MR) is 94.2 cm³/mol. The SMILES string of the molecule is Cc1ccccc1-n1nnnc1S[C@H](C)C(=O)Nc1ccc(F)cc1F. The number of benzene rings is 2. The molecule has 0 aliphatic carbocycles. The minimum absolute atomic E-state index is 0.0812. The Morgan fingerprint density at radius 3 is 2.73 bits per heavy atom. The summed E-state index contributed by atoms with van der Waals surface area (Å²) in [4.78, 5) is 12.3. The number of anilines is 1. The van der Waals surface area contributed by atoms with Crippen LogP contribution in [0.5, 0.6) is 0 Å². The van der Waals surface area contributed by atoms with Crippen LogP contribution < -0.4 is 5.32 Å². The Balaban J connectivity index is 1.74. The number of hydrogen-bond acceptors (Lipinski definition) is 5. The van der Waals surface area contributed by atoms with Crippen molar-refractivity contribution in [2.24, 2.45) is 0 Å². The average Bonchev–Trinajstić information content (AvgIpc) is 3.05. The van der Waals surface area contributed by atoms with Gasteiger partial charge in [0.25, 0.3) is 0 Å². The quantitative estimate of drug-likeness (QED) is 0.692. The van der Waals surface area contributed by atoms with Crippen LogP contribution >= 0.6 is 11.8 Å². The lowest BCUT2D eigenvalue weighted by Gasteiger charge is -2.13. The normalized spacial score (nSPS) is 12.0. The predicted octanol–water partition coefficient (Wildman–Crippen LogP) is 3.37. The summed E-state index contributed by atoms with van der Waals surface area (Å²) in [7, 11) is 0. The van der Waals surface area contributed by atoms with Gasteiger partial charge in [-0.3, -0.25) is 4.79 Å². The van der Waals surface area contributed by atoms with E-state index < -0.39 is 22.8 Å². The highest BCUT2D eigenvalue weighted by atomic mass is 32.2. The first-order valence-electron chi connectivity index (χ1n) is 7.72. The van der Waals surface area contributed by atoms with E-state index in [9.17, 15) is 13.6 Å². The summed E-state index contributed by atoms with van der Waals surface area (Å²) < 4.78 is 28.2. The van der Waals surface area contributed by atoms with Gasteiger partial charge >= 0.3 is 0 Å². The highest BCUT2D eigenvalue weighted by molar-refractivity contribution is 8.00. The molecule has 2 aromatic carbocycles. The lowest BCUT2D eigenvalue weighted by Crippen LogP contribution is -2.23. The molecule has 1 N–H and O–H groups in total. The second-order valence-electron chi connectivity index (χ2n) is 5.53. The molecule has 0 spiro atoms. The maximum Gasteiger partial charge on any atom is 0.237 e. The molecule has 6 nitrogen and oxygen atoms in total. The fraction of sp³-hybridized carbons (Fsp3) is 0.176. The van der Waals surface area contributed by atoms with E-state index in [1.54, 1.807) is 11.6 Å². The number of aryl methyl sites for hydroxylation is 1. The minimum Gasteiger partial charge on any atom is -0.323 e. The summed E-state index contributed by atoms with van der Waals surface area (Å²) in [5.74, 6) is -1.99. The van der Waals surface area contributed by atoms with Crippen molar-refractivity contribution in [3.05, 3.63) is 59.7 Å². The molecule has 3 aromatic rings. The monoisotopic (exact) mass is 375 g/mol. The third-order valence-corrected chi connectivity index (χ3v) is 4.66. The number of thioether (sulfide) groups is 1. The zero-order valence-corrected chi connectivity index (χ0v) is 14.8. The van der Waals surface area contributed by atoms with Gasteiger partial charge < -0.3 is 5.32 Å². The number of nitrogens with zero attached hydrogens (tertiary/aromatic N) is 4. The van der Waals surface area contributed by atoms with E-state index in [-0.39, 0.29) is 5.69 Å². The van der Waals surface area contributed by atoms with Crippen LogP contribution in [0.3, 0.4) is 0 Å². The summed E-state index contributed by atoms with van der Waals surface area (Å²) >= 11 is 1.14. The van der Waals surface area contributed by atoms with Gasteiger partial charge in [-0.2, -0.15) is 4.68 Å². The number of halogens is 2. The first-order valence-corrected chi connectivity index (χ1v) is 8.60. The van der Waals surface area contributed by atoms with Crippen LogP contribution in [0.2, 0.25) is 0 Å². The third kappa shape index (κ3) is 3.88. The standard InChI is InChI=1S/C17H15F2N5OS/c1-10-5-3-4-6-15(10)24-17(21-22-23-24)26-11(2)16(25)20-14-8-7-12(18)9-13(14)19/h3-9,11H,1-2H3,(H,20,25)/t11-/m1/s1. The molecule has 0 radical (unpaired) electrons. The number of carbonyl (C=O) groups excluding carboxylic acids is 1. The number of amides is 1. The van der Waals surface area contributed by atoms with Crippen molar-refractivity contribution < 1.29 is 13.6 Å². The number of carbonyl (C=O) groups is 1. The molecule has 1 heterocycles. The maximum atomic E-state index is 13.7. The summed E-state index contributed by atoms with van der Waals surface area (Å²) in [5, 5.41) is 13.9. The largest absolute Gasteiger partial charge is 0.323 e. The van der Waals surface area contributed by atoms with Gasteiger partial charge in [-0.05, 0) is 48.0 Å². The van der Waals surface area contributed by atoms with Gasteiger partial charge in [-0.25, -0.2) is 8.78 Å². The Hall–Kier alpha value is -2.81. The third-order valence-electron chi connectivity index (χ3n) is 3.62. The summed E-state index contributed by atoms with van der Waals surface area (Å²) in [5.41, 5.74) is 1.70. The lowest BCUT2D eigenvalue weighted by atomic mass is 10.2. The Bertz CT molecular complexity index is 946.